The van der Waals surface area contributed by atoms with Crippen LogP contribution in [0.4, 0.5) is 23.7 Å². The average Bonchev–Trinajstić information content (AvgIpc) is 3.22. The van der Waals surface area contributed by atoms with E-state index in [0.29, 0.717) is 18.0 Å². The number of hydrogen-bond acceptors (Lipinski definition) is 2. The Hall–Kier alpha value is -1.76. The lowest BCUT2D eigenvalue weighted by molar-refractivity contribution is -0.137. The number of hydrogen-bond donors (Lipinski definition) is 3. The molecule has 116 valence electrons. The molecule has 3 N–H and O–H groups in total. The highest BCUT2D eigenvalue weighted by molar-refractivity contribution is 5.89. The lowest BCUT2D eigenvalue weighted by Gasteiger charge is -2.17. The number of nitrogens with one attached hydrogen (secondary N) is 2. The molecule has 1 atom stereocenters. The van der Waals surface area contributed by atoms with Gasteiger partial charge in [0.1, 0.15) is 0 Å². The Bertz CT molecular complexity index is 484. The van der Waals surface area contributed by atoms with Gasteiger partial charge in [-0.25, -0.2) is 4.79 Å². The average molecular weight is 302 g/mol. The zero-order valence-corrected chi connectivity index (χ0v) is 11.3. The van der Waals surface area contributed by atoms with Gasteiger partial charge in [-0.2, -0.15) is 13.2 Å². The lowest BCUT2D eigenvalue weighted by Crippen LogP contribution is -2.39. The van der Waals surface area contributed by atoms with E-state index in [9.17, 15) is 18.0 Å². The van der Waals surface area contributed by atoms with E-state index in [4.69, 9.17) is 5.11 Å². The minimum Gasteiger partial charge on any atom is -0.396 e. The second kappa shape index (κ2) is 6.34. The maximum atomic E-state index is 12.4. The molecular formula is C14H17F3N2O2. The van der Waals surface area contributed by atoms with Crippen molar-refractivity contribution in [2.75, 3.05) is 11.9 Å². The van der Waals surface area contributed by atoms with Crippen molar-refractivity contribution in [1.29, 1.82) is 0 Å². The van der Waals surface area contributed by atoms with Gasteiger partial charge >= 0.3 is 12.2 Å². The first-order chi connectivity index (χ1) is 9.90. The summed E-state index contributed by atoms with van der Waals surface area (Å²) >= 11 is 0. The molecule has 0 aromatic heterocycles. The topological polar surface area (TPSA) is 61.4 Å². The van der Waals surface area contributed by atoms with Gasteiger partial charge in [-0.15, -0.1) is 0 Å². The summed E-state index contributed by atoms with van der Waals surface area (Å²) in [5, 5.41) is 14.2. The molecule has 0 aliphatic heterocycles. The van der Waals surface area contributed by atoms with Crippen molar-refractivity contribution in [3.63, 3.8) is 0 Å². The van der Waals surface area contributed by atoms with Crippen LogP contribution in [-0.4, -0.2) is 23.8 Å². The molecule has 1 saturated carbocycles. The largest absolute Gasteiger partial charge is 0.416 e. The molecule has 2 amide bonds. The fourth-order valence-corrected chi connectivity index (χ4v) is 2.14. The molecular weight excluding hydrogens is 285 g/mol. The predicted octanol–water partition coefficient (Wildman–Crippen LogP) is 2.99. The third-order valence-corrected chi connectivity index (χ3v) is 3.42. The van der Waals surface area contributed by atoms with Crippen molar-refractivity contribution in [3.8, 4) is 0 Å². The number of aliphatic hydroxyl groups excluding tert-OH is 1. The van der Waals surface area contributed by atoms with Gasteiger partial charge in [0, 0.05) is 18.3 Å². The van der Waals surface area contributed by atoms with Crippen LogP contribution < -0.4 is 10.6 Å². The van der Waals surface area contributed by atoms with Gasteiger partial charge in [-0.3, -0.25) is 0 Å². The minimum absolute atomic E-state index is 0.0122. The zero-order valence-electron chi connectivity index (χ0n) is 11.3. The van der Waals surface area contributed by atoms with Gasteiger partial charge in [0.25, 0.3) is 0 Å². The second-order valence-electron chi connectivity index (χ2n) is 5.13. The first-order valence-corrected chi connectivity index (χ1v) is 6.76. The Morgan fingerprint density at radius 3 is 2.38 bits per heavy atom. The number of amides is 2. The first-order valence-electron chi connectivity index (χ1n) is 6.76. The van der Waals surface area contributed by atoms with Crippen LogP contribution in [-0.2, 0) is 6.18 Å². The summed E-state index contributed by atoms with van der Waals surface area (Å²) in [6, 6.07) is 3.69. The third kappa shape index (κ3) is 4.63. The van der Waals surface area contributed by atoms with E-state index in [2.05, 4.69) is 10.6 Å². The van der Waals surface area contributed by atoms with Crippen molar-refractivity contribution in [3.05, 3.63) is 29.8 Å². The molecule has 1 aliphatic carbocycles. The molecule has 0 heterocycles. The highest BCUT2D eigenvalue weighted by Gasteiger charge is 2.32. The highest BCUT2D eigenvalue weighted by Crippen LogP contribution is 2.34. The van der Waals surface area contributed by atoms with Gasteiger partial charge in [0.2, 0.25) is 0 Å². The second-order valence-corrected chi connectivity index (χ2v) is 5.13. The van der Waals surface area contributed by atoms with Crippen LogP contribution in [0.2, 0.25) is 0 Å². The molecule has 1 aliphatic rings. The normalized spacial score (nSPS) is 16.4. The van der Waals surface area contributed by atoms with E-state index >= 15 is 0 Å². The molecule has 0 bridgehead atoms. The van der Waals surface area contributed by atoms with Crippen LogP contribution in [0.15, 0.2) is 24.3 Å². The van der Waals surface area contributed by atoms with Gasteiger partial charge in [-0.05, 0) is 49.4 Å². The number of aliphatic hydroxyl groups is 1. The van der Waals surface area contributed by atoms with E-state index in [0.717, 1.165) is 25.0 Å². The molecule has 0 saturated heterocycles. The summed E-state index contributed by atoms with van der Waals surface area (Å²) in [5.74, 6) is 0.385. The fraction of sp³-hybridized carbons (Fsp3) is 0.500. The Labute approximate surface area is 120 Å². The quantitative estimate of drug-likeness (QED) is 0.783. The summed E-state index contributed by atoms with van der Waals surface area (Å²) in [5.41, 5.74) is -0.469. The van der Waals surface area contributed by atoms with E-state index in [1.54, 1.807) is 0 Å². The molecule has 4 nitrogen and oxygen atoms in total. The van der Waals surface area contributed by atoms with Crippen molar-refractivity contribution in [2.24, 2.45) is 5.92 Å². The summed E-state index contributed by atoms with van der Waals surface area (Å²) in [6.07, 6.45) is -1.87. The number of alkyl halides is 3. The molecule has 1 aromatic carbocycles. The first kappa shape index (κ1) is 15.6. The third-order valence-electron chi connectivity index (χ3n) is 3.42. The molecule has 0 radical (unpaired) electrons. The van der Waals surface area contributed by atoms with E-state index < -0.39 is 17.8 Å². The van der Waals surface area contributed by atoms with Crippen molar-refractivity contribution in [1.82, 2.24) is 5.32 Å². The SMILES string of the molecule is O=C(Nc1ccc(C(F)(F)F)cc1)N[C@@H](CCO)C1CC1. The van der Waals surface area contributed by atoms with E-state index in [-0.39, 0.29) is 12.6 Å². The monoisotopic (exact) mass is 302 g/mol. The van der Waals surface area contributed by atoms with Gasteiger partial charge < -0.3 is 15.7 Å². The summed E-state index contributed by atoms with van der Waals surface area (Å²) < 4.78 is 37.2. The number of benzene rings is 1. The van der Waals surface area contributed by atoms with Crippen LogP contribution in [0.3, 0.4) is 0 Å². The fourth-order valence-electron chi connectivity index (χ4n) is 2.14. The van der Waals surface area contributed by atoms with Gasteiger partial charge in [-0.1, -0.05) is 0 Å². The Morgan fingerprint density at radius 1 is 1.29 bits per heavy atom. The van der Waals surface area contributed by atoms with Crippen LogP contribution in [0.25, 0.3) is 0 Å². The Kier molecular flexibility index (Phi) is 4.72. The van der Waals surface area contributed by atoms with Crippen LogP contribution in [0, 0.1) is 5.92 Å². The minimum atomic E-state index is -4.39. The number of carbonyl (C=O) groups excluding carboxylic acids is 1. The van der Waals surface area contributed by atoms with E-state index in [1.807, 2.05) is 0 Å². The van der Waals surface area contributed by atoms with Gasteiger partial charge in [0.15, 0.2) is 0 Å². The van der Waals surface area contributed by atoms with Crippen molar-refractivity contribution in [2.45, 2.75) is 31.5 Å². The van der Waals surface area contributed by atoms with Crippen LogP contribution in [0.1, 0.15) is 24.8 Å². The maximum Gasteiger partial charge on any atom is 0.416 e. The zero-order chi connectivity index (χ0) is 15.5. The lowest BCUT2D eigenvalue weighted by atomic mass is 10.1. The predicted molar refractivity (Wildman–Crippen MR) is 71.8 cm³/mol. The number of halogens is 3. The maximum absolute atomic E-state index is 12.4. The summed E-state index contributed by atoms with van der Waals surface area (Å²) in [6.45, 7) is -0.0122. The molecule has 1 fully saturated rings. The van der Waals surface area contributed by atoms with Crippen LogP contribution in [0.5, 0.6) is 0 Å². The Balaban J connectivity index is 1.90. The molecule has 0 unspecified atom stereocenters. The summed E-state index contributed by atoms with van der Waals surface area (Å²) in [7, 11) is 0. The molecule has 0 spiro atoms. The number of anilines is 1. The molecule has 2 rings (SSSR count). The van der Waals surface area contributed by atoms with Crippen LogP contribution >= 0.6 is 0 Å². The van der Waals surface area contributed by atoms with Crippen molar-refractivity contribution >= 4 is 11.7 Å². The smallest absolute Gasteiger partial charge is 0.396 e. The Morgan fingerprint density at radius 2 is 1.90 bits per heavy atom. The molecule has 21 heavy (non-hydrogen) atoms. The molecule has 7 heteroatoms. The van der Waals surface area contributed by atoms with E-state index in [1.165, 1.54) is 12.1 Å². The highest BCUT2D eigenvalue weighted by atomic mass is 19.4. The number of carbonyl (C=O) groups is 1. The standard InChI is InChI=1S/C14H17F3N2O2/c15-14(16,17)10-3-5-11(6-4-10)18-13(21)19-12(7-8-20)9-1-2-9/h3-6,9,12,20H,1-2,7-8H2,(H2,18,19,21)/t12-/m0/s1. The summed E-state index contributed by atoms with van der Waals surface area (Å²) in [4.78, 5) is 11.8. The van der Waals surface area contributed by atoms with Crippen molar-refractivity contribution < 1.29 is 23.1 Å². The number of rotatable bonds is 5. The molecule has 1 aromatic rings. The van der Waals surface area contributed by atoms with Gasteiger partial charge in [0.05, 0.1) is 5.56 Å². The number of urea groups is 1.